The molecule has 1 amide bonds. The van der Waals surface area contributed by atoms with Crippen LogP contribution in [0.1, 0.15) is 6.42 Å². The minimum atomic E-state index is 0.144. The summed E-state index contributed by atoms with van der Waals surface area (Å²) in [5, 5.41) is 5.71. The third kappa shape index (κ3) is 2.08. The third-order valence-electron chi connectivity index (χ3n) is 2.86. The summed E-state index contributed by atoms with van der Waals surface area (Å²) in [6, 6.07) is 0. The molecular formula is C11H12N4OS. The molecule has 1 fully saturated rings. The van der Waals surface area contributed by atoms with E-state index in [1.54, 1.807) is 23.7 Å². The second-order valence-electron chi connectivity index (χ2n) is 4.11. The molecule has 0 radical (unpaired) electrons. The number of hydrogen-bond donors (Lipinski definition) is 1. The van der Waals surface area contributed by atoms with E-state index >= 15 is 0 Å². The molecule has 5 nitrogen and oxygen atoms in total. The number of carbonyl (C=O) groups excluding carboxylic acids is 1. The Labute approximate surface area is 103 Å². The topological polar surface area (TPSA) is 59.8 Å². The fraction of sp³-hybridized carbons (Fsp3) is 0.364. The van der Waals surface area contributed by atoms with Gasteiger partial charge >= 0.3 is 0 Å². The molecule has 0 aromatic carbocycles. The van der Waals surface area contributed by atoms with Gasteiger partial charge in [0.15, 0.2) is 10.8 Å². The van der Waals surface area contributed by atoms with Crippen LogP contribution in [0.15, 0.2) is 24.0 Å². The Balaban J connectivity index is 1.80. The predicted octanol–water partition coefficient (Wildman–Crippen LogP) is 1.14. The van der Waals surface area contributed by atoms with Crippen molar-refractivity contribution in [2.24, 2.45) is 5.92 Å². The zero-order valence-corrected chi connectivity index (χ0v) is 9.98. The van der Waals surface area contributed by atoms with Gasteiger partial charge < -0.3 is 9.88 Å². The van der Waals surface area contributed by atoms with Crippen molar-refractivity contribution in [3.63, 3.8) is 0 Å². The van der Waals surface area contributed by atoms with E-state index in [0.29, 0.717) is 12.3 Å². The van der Waals surface area contributed by atoms with Gasteiger partial charge in [-0.1, -0.05) is 0 Å². The van der Waals surface area contributed by atoms with Crippen LogP contribution in [0.5, 0.6) is 0 Å². The van der Waals surface area contributed by atoms with Gasteiger partial charge in [-0.15, -0.1) is 11.3 Å². The summed E-state index contributed by atoms with van der Waals surface area (Å²) in [5.41, 5.74) is 0. The number of hydrogen-bond acceptors (Lipinski definition) is 4. The van der Waals surface area contributed by atoms with Crippen LogP contribution < -0.4 is 5.32 Å². The normalized spacial score (nSPS) is 19.5. The van der Waals surface area contributed by atoms with Crippen molar-refractivity contribution in [3.8, 4) is 10.8 Å². The first-order chi connectivity index (χ1) is 8.33. The number of nitrogens with zero attached hydrogens (tertiary/aromatic N) is 3. The molecule has 3 rings (SSSR count). The lowest BCUT2D eigenvalue weighted by atomic mass is 10.1. The molecule has 1 saturated heterocycles. The van der Waals surface area contributed by atoms with Gasteiger partial charge in [-0.2, -0.15) is 0 Å². The zero-order valence-electron chi connectivity index (χ0n) is 9.17. The van der Waals surface area contributed by atoms with E-state index in [2.05, 4.69) is 19.9 Å². The Bertz CT molecular complexity index is 519. The van der Waals surface area contributed by atoms with Crippen molar-refractivity contribution in [2.45, 2.75) is 13.0 Å². The van der Waals surface area contributed by atoms with Gasteiger partial charge in [0.05, 0.1) is 0 Å². The van der Waals surface area contributed by atoms with Gasteiger partial charge in [0.2, 0.25) is 5.91 Å². The maximum absolute atomic E-state index is 11.1. The molecule has 3 heterocycles. The van der Waals surface area contributed by atoms with Crippen molar-refractivity contribution < 1.29 is 4.79 Å². The van der Waals surface area contributed by atoms with E-state index in [1.165, 1.54) is 0 Å². The minimum Gasteiger partial charge on any atom is -0.356 e. The molecule has 0 spiro atoms. The summed E-state index contributed by atoms with van der Waals surface area (Å²) in [6.07, 6.45) is 6.11. The van der Waals surface area contributed by atoms with E-state index in [0.717, 1.165) is 23.9 Å². The highest BCUT2D eigenvalue weighted by Crippen LogP contribution is 2.22. The van der Waals surface area contributed by atoms with Crippen LogP contribution in [-0.4, -0.2) is 27.0 Å². The summed E-state index contributed by atoms with van der Waals surface area (Å²) >= 11 is 1.58. The average Bonchev–Trinajstić information content (AvgIpc) is 3.00. The summed E-state index contributed by atoms with van der Waals surface area (Å²) in [6.45, 7) is 1.57. The summed E-state index contributed by atoms with van der Waals surface area (Å²) < 4.78 is 2.07. The van der Waals surface area contributed by atoms with Crippen molar-refractivity contribution >= 4 is 17.2 Å². The Morgan fingerprint density at radius 1 is 1.47 bits per heavy atom. The number of rotatable bonds is 3. The Morgan fingerprint density at radius 3 is 3.12 bits per heavy atom. The molecule has 88 valence electrons. The molecule has 1 unspecified atom stereocenters. The van der Waals surface area contributed by atoms with Crippen molar-refractivity contribution in [3.05, 3.63) is 24.0 Å². The van der Waals surface area contributed by atoms with Gasteiger partial charge in [0, 0.05) is 49.4 Å². The monoisotopic (exact) mass is 248 g/mol. The molecule has 0 aliphatic carbocycles. The Hall–Kier alpha value is -1.69. The molecule has 1 atom stereocenters. The zero-order chi connectivity index (χ0) is 11.7. The molecule has 1 aliphatic rings. The van der Waals surface area contributed by atoms with Gasteiger partial charge in [0.1, 0.15) is 0 Å². The highest BCUT2D eigenvalue weighted by molar-refractivity contribution is 7.13. The van der Waals surface area contributed by atoms with Gasteiger partial charge in [-0.3, -0.25) is 4.79 Å². The third-order valence-corrected chi connectivity index (χ3v) is 3.63. The first-order valence-corrected chi connectivity index (χ1v) is 6.38. The van der Waals surface area contributed by atoms with E-state index in [9.17, 15) is 4.79 Å². The maximum Gasteiger partial charge on any atom is 0.220 e. The number of aromatic nitrogens is 3. The molecule has 1 aliphatic heterocycles. The number of carbonyl (C=O) groups is 1. The largest absolute Gasteiger partial charge is 0.356 e. The smallest absolute Gasteiger partial charge is 0.220 e. The number of imidazole rings is 1. The fourth-order valence-electron chi connectivity index (χ4n) is 2.06. The van der Waals surface area contributed by atoms with Crippen LogP contribution in [0.3, 0.4) is 0 Å². The molecule has 0 bridgehead atoms. The predicted molar refractivity (Wildman–Crippen MR) is 64.5 cm³/mol. The van der Waals surface area contributed by atoms with Crippen LogP contribution in [0.2, 0.25) is 0 Å². The SMILES string of the molecule is O=C1CC(Cn2ccnc2-c2nccs2)CN1. The second-order valence-corrected chi connectivity index (χ2v) is 5.01. The second kappa shape index (κ2) is 4.29. The van der Waals surface area contributed by atoms with Crippen LogP contribution in [-0.2, 0) is 11.3 Å². The molecule has 1 N–H and O–H groups in total. The first kappa shape index (κ1) is 10.5. The van der Waals surface area contributed by atoms with E-state index in [4.69, 9.17) is 0 Å². The van der Waals surface area contributed by atoms with Crippen LogP contribution in [0.4, 0.5) is 0 Å². The van der Waals surface area contributed by atoms with Crippen LogP contribution in [0.25, 0.3) is 10.8 Å². The van der Waals surface area contributed by atoms with E-state index < -0.39 is 0 Å². The number of amides is 1. The first-order valence-electron chi connectivity index (χ1n) is 5.50. The number of nitrogens with one attached hydrogen (secondary N) is 1. The van der Waals surface area contributed by atoms with Crippen molar-refractivity contribution in [1.29, 1.82) is 0 Å². The lowest BCUT2D eigenvalue weighted by molar-refractivity contribution is -0.119. The summed E-state index contributed by atoms with van der Waals surface area (Å²) in [7, 11) is 0. The molecular weight excluding hydrogens is 236 g/mol. The van der Waals surface area contributed by atoms with Gasteiger partial charge in [0.25, 0.3) is 0 Å². The highest BCUT2D eigenvalue weighted by Gasteiger charge is 2.22. The van der Waals surface area contributed by atoms with Crippen LogP contribution >= 0.6 is 11.3 Å². The van der Waals surface area contributed by atoms with Crippen molar-refractivity contribution in [2.75, 3.05) is 6.54 Å². The molecule has 2 aromatic rings. The number of thiazole rings is 1. The minimum absolute atomic E-state index is 0.144. The van der Waals surface area contributed by atoms with Gasteiger partial charge in [-0.25, -0.2) is 9.97 Å². The average molecular weight is 248 g/mol. The van der Waals surface area contributed by atoms with E-state index in [-0.39, 0.29) is 5.91 Å². The lowest BCUT2D eigenvalue weighted by Gasteiger charge is -2.10. The van der Waals surface area contributed by atoms with E-state index in [1.807, 2.05) is 11.6 Å². The summed E-state index contributed by atoms with van der Waals surface area (Å²) in [5.74, 6) is 1.39. The quantitative estimate of drug-likeness (QED) is 0.886. The van der Waals surface area contributed by atoms with Crippen LogP contribution in [0, 0.1) is 5.92 Å². The Morgan fingerprint density at radius 2 is 2.41 bits per heavy atom. The standard InChI is InChI=1S/C11H12N4OS/c16-9-5-8(6-14-9)7-15-3-1-12-10(15)11-13-2-4-17-11/h1-4,8H,5-7H2,(H,14,16). The Kier molecular flexibility index (Phi) is 2.64. The molecule has 17 heavy (non-hydrogen) atoms. The highest BCUT2D eigenvalue weighted by atomic mass is 32.1. The van der Waals surface area contributed by atoms with Gasteiger partial charge in [-0.05, 0) is 0 Å². The molecule has 6 heteroatoms. The molecule has 0 saturated carbocycles. The molecule has 2 aromatic heterocycles. The summed E-state index contributed by atoms with van der Waals surface area (Å²) in [4.78, 5) is 19.7. The van der Waals surface area contributed by atoms with Crippen molar-refractivity contribution in [1.82, 2.24) is 19.9 Å². The maximum atomic E-state index is 11.1. The lowest BCUT2D eigenvalue weighted by Crippen LogP contribution is -2.16. The fourth-order valence-corrected chi connectivity index (χ4v) is 2.71.